The van der Waals surface area contributed by atoms with Crippen molar-refractivity contribution in [3.8, 4) is 0 Å². The Morgan fingerprint density at radius 1 is 1.53 bits per heavy atom. The maximum atomic E-state index is 10.9. The van der Waals surface area contributed by atoms with E-state index in [0.29, 0.717) is 5.65 Å². The number of nitrogens with zero attached hydrogens (tertiary/aromatic N) is 3. The summed E-state index contributed by atoms with van der Waals surface area (Å²) >= 11 is 3.28. The molecule has 0 spiro atoms. The Kier molecular flexibility index (Phi) is 2.39. The predicted molar refractivity (Wildman–Crippen MR) is 59.2 cm³/mol. The minimum absolute atomic E-state index is 0.0654. The molecule has 8 heteroatoms. The molecule has 2 aromatic rings. The average Bonchev–Trinajstić information content (AvgIpc) is 2.42. The van der Waals surface area contributed by atoms with Crippen LogP contribution in [0.5, 0.6) is 0 Å². The summed E-state index contributed by atoms with van der Waals surface area (Å²) in [6.07, 6.45) is 2.73. The van der Waals surface area contributed by atoms with E-state index in [1.54, 1.807) is 18.3 Å². The Hall–Kier alpha value is -1.15. The fourth-order valence-electron chi connectivity index (χ4n) is 1.07. The number of anilines is 1. The van der Waals surface area contributed by atoms with E-state index in [2.05, 4.69) is 30.7 Å². The van der Waals surface area contributed by atoms with Gasteiger partial charge in [0, 0.05) is 10.7 Å². The van der Waals surface area contributed by atoms with Crippen molar-refractivity contribution in [1.29, 1.82) is 0 Å². The van der Waals surface area contributed by atoms with Crippen LogP contribution in [0.25, 0.3) is 5.65 Å². The van der Waals surface area contributed by atoms with Gasteiger partial charge >= 0.3 is 0 Å². The first-order valence-electron chi connectivity index (χ1n) is 3.94. The van der Waals surface area contributed by atoms with Gasteiger partial charge in [-0.05, 0) is 12.1 Å². The highest BCUT2D eigenvalue weighted by Gasteiger charge is 2.07. The molecule has 0 aliphatic carbocycles. The molecular weight excluding hydrogens is 284 g/mol. The van der Waals surface area contributed by atoms with Gasteiger partial charge in [-0.1, -0.05) is 15.9 Å². The Bertz CT molecular complexity index is 606. The largest absolute Gasteiger partial charge is 0.256 e. The summed E-state index contributed by atoms with van der Waals surface area (Å²) in [5.41, 5.74) is 0.565. The number of aromatic nitrogens is 3. The van der Waals surface area contributed by atoms with Crippen LogP contribution in [0.3, 0.4) is 0 Å². The first-order chi connectivity index (χ1) is 6.94. The van der Waals surface area contributed by atoms with Crippen molar-refractivity contribution in [2.75, 3.05) is 11.0 Å². The highest BCUT2D eigenvalue weighted by molar-refractivity contribution is 9.10. The van der Waals surface area contributed by atoms with Gasteiger partial charge in [-0.3, -0.25) is 4.72 Å². The standard InChI is InChI=1S/C7H7BrN4O2S/c1-15(13,14)11-7-9-6-4-5(8)2-3-12(6)10-7/h2-4H,1H3,(H,10,11). The minimum Gasteiger partial charge on any atom is -0.250 e. The molecule has 2 heterocycles. The second-order valence-electron chi connectivity index (χ2n) is 2.96. The quantitative estimate of drug-likeness (QED) is 0.890. The van der Waals surface area contributed by atoms with Gasteiger partial charge in [0.15, 0.2) is 5.65 Å². The van der Waals surface area contributed by atoms with Crippen LogP contribution in [0.2, 0.25) is 0 Å². The van der Waals surface area contributed by atoms with Crippen molar-refractivity contribution in [3.05, 3.63) is 22.8 Å². The van der Waals surface area contributed by atoms with Crippen LogP contribution in [-0.2, 0) is 10.0 Å². The van der Waals surface area contributed by atoms with Gasteiger partial charge in [0.1, 0.15) is 0 Å². The third kappa shape index (κ3) is 2.45. The van der Waals surface area contributed by atoms with Crippen molar-refractivity contribution < 1.29 is 8.42 Å². The fourth-order valence-corrected chi connectivity index (χ4v) is 1.81. The van der Waals surface area contributed by atoms with Crippen molar-refractivity contribution in [1.82, 2.24) is 14.6 Å². The van der Waals surface area contributed by atoms with E-state index < -0.39 is 10.0 Å². The number of hydrogen-bond donors (Lipinski definition) is 1. The molecular formula is C7H7BrN4O2S. The predicted octanol–water partition coefficient (Wildman–Crippen LogP) is 0.863. The lowest BCUT2D eigenvalue weighted by atomic mass is 10.5. The van der Waals surface area contributed by atoms with Crippen LogP contribution in [0.15, 0.2) is 22.8 Å². The van der Waals surface area contributed by atoms with Gasteiger partial charge in [0.25, 0.3) is 5.95 Å². The minimum atomic E-state index is -3.33. The van der Waals surface area contributed by atoms with Crippen molar-refractivity contribution in [2.45, 2.75) is 0 Å². The lowest BCUT2D eigenvalue weighted by molar-refractivity contribution is 0.606. The van der Waals surface area contributed by atoms with E-state index in [4.69, 9.17) is 0 Å². The van der Waals surface area contributed by atoms with E-state index in [0.717, 1.165) is 10.7 Å². The van der Waals surface area contributed by atoms with Crippen LogP contribution >= 0.6 is 15.9 Å². The van der Waals surface area contributed by atoms with Crippen LogP contribution in [-0.4, -0.2) is 29.3 Å². The zero-order valence-electron chi connectivity index (χ0n) is 7.68. The van der Waals surface area contributed by atoms with Gasteiger partial charge in [-0.15, -0.1) is 5.10 Å². The Morgan fingerprint density at radius 3 is 2.93 bits per heavy atom. The Morgan fingerprint density at radius 2 is 2.27 bits per heavy atom. The van der Waals surface area contributed by atoms with Crippen molar-refractivity contribution in [3.63, 3.8) is 0 Å². The van der Waals surface area contributed by atoms with E-state index in [1.165, 1.54) is 4.52 Å². The number of fused-ring (bicyclic) bond motifs is 1. The monoisotopic (exact) mass is 290 g/mol. The summed E-state index contributed by atoms with van der Waals surface area (Å²) in [6, 6.07) is 3.52. The van der Waals surface area contributed by atoms with Gasteiger partial charge in [-0.25, -0.2) is 12.9 Å². The maximum absolute atomic E-state index is 10.9. The van der Waals surface area contributed by atoms with Crippen LogP contribution in [0, 0.1) is 0 Å². The van der Waals surface area contributed by atoms with Crippen LogP contribution < -0.4 is 4.72 Å². The molecule has 6 nitrogen and oxygen atoms in total. The summed E-state index contributed by atoms with van der Waals surface area (Å²) in [6.45, 7) is 0. The molecule has 15 heavy (non-hydrogen) atoms. The van der Waals surface area contributed by atoms with Gasteiger partial charge in [-0.2, -0.15) is 4.98 Å². The second-order valence-corrected chi connectivity index (χ2v) is 5.62. The first-order valence-corrected chi connectivity index (χ1v) is 6.62. The SMILES string of the molecule is CS(=O)(=O)Nc1nc2cc(Br)ccn2n1. The highest BCUT2D eigenvalue weighted by Crippen LogP contribution is 2.13. The molecule has 2 rings (SSSR count). The van der Waals surface area contributed by atoms with Gasteiger partial charge in [0.05, 0.1) is 6.26 Å². The highest BCUT2D eigenvalue weighted by atomic mass is 79.9. The molecule has 0 aliphatic rings. The van der Waals surface area contributed by atoms with Crippen molar-refractivity contribution in [2.24, 2.45) is 0 Å². The summed E-state index contributed by atoms with van der Waals surface area (Å²) in [5.74, 6) is 0.0654. The number of hydrogen-bond acceptors (Lipinski definition) is 4. The van der Waals surface area contributed by atoms with E-state index in [9.17, 15) is 8.42 Å². The maximum Gasteiger partial charge on any atom is 0.256 e. The molecule has 0 atom stereocenters. The number of halogens is 1. The van der Waals surface area contributed by atoms with E-state index in [1.807, 2.05) is 0 Å². The molecule has 0 radical (unpaired) electrons. The lowest BCUT2D eigenvalue weighted by Gasteiger charge is -1.94. The smallest absolute Gasteiger partial charge is 0.250 e. The molecule has 0 aliphatic heterocycles. The number of pyridine rings is 1. The normalized spacial score (nSPS) is 11.9. The second kappa shape index (κ2) is 3.46. The number of nitrogens with one attached hydrogen (secondary N) is 1. The molecule has 2 aromatic heterocycles. The molecule has 0 amide bonds. The number of rotatable bonds is 2. The van der Waals surface area contributed by atoms with Crippen molar-refractivity contribution >= 4 is 37.5 Å². The fraction of sp³-hybridized carbons (Fsp3) is 0.143. The van der Waals surface area contributed by atoms with Gasteiger partial charge in [0.2, 0.25) is 10.0 Å². The van der Waals surface area contributed by atoms with E-state index >= 15 is 0 Å². The molecule has 0 fully saturated rings. The zero-order chi connectivity index (χ0) is 11.1. The average molecular weight is 291 g/mol. The van der Waals surface area contributed by atoms with Crippen LogP contribution in [0.4, 0.5) is 5.95 Å². The topological polar surface area (TPSA) is 76.4 Å². The third-order valence-corrected chi connectivity index (χ3v) is 2.62. The third-order valence-electron chi connectivity index (χ3n) is 1.58. The molecule has 0 aromatic carbocycles. The molecule has 80 valence electrons. The molecule has 0 bridgehead atoms. The summed E-state index contributed by atoms with van der Waals surface area (Å²) in [5, 5.41) is 3.93. The zero-order valence-corrected chi connectivity index (χ0v) is 10.1. The van der Waals surface area contributed by atoms with Gasteiger partial charge < -0.3 is 0 Å². The molecule has 0 saturated carbocycles. The van der Waals surface area contributed by atoms with E-state index in [-0.39, 0.29) is 5.95 Å². The summed E-state index contributed by atoms with van der Waals surface area (Å²) in [7, 11) is -3.33. The summed E-state index contributed by atoms with van der Waals surface area (Å²) < 4.78 is 26.4. The van der Waals surface area contributed by atoms with Crippen LogP contribution in [0.1, 0.15) is 0 Å². The first kappa shape index (κ1) is 10.4. The summed E-state index contributed by atoms with van der Waals surface area (Å²) in [4.78, 5) is 3.99. The lowest BCUT2D eigenvalue weighted by Crippen LogP contribution is -2.10. The molecule has 0 saturated heterocycles. The molecule has 1 N–H and O–H groups in total. The Labute approximate surface area is 94.5 Å². The molecule has 0 unspecified atom stereocenters. The number of sulfonamides is 1. The Balaban J connectivity index is 2.48.